The van der Waals surface area contributed by atoms with Crippen molar-refractivity contribution in [3.8, 4) is 11.5 Å². The van der Waals surface area contributed by atoms with E-state index in [4.69, 9.17) is 15.2 Å². The van der Waals surface area contributed by atoms with Gasteiger partial charge in [-0.1, -0.05) is 17.7 Å². The maximum atomic E-state index is 6.13. The van der Waals surface area contributed by atoms with Gasteiger partial charge in [0.15, 0.2) is 11.5 Å². The number of benzene rings is 2. The lowest BCUT2D eigenvalue weighted by molar-refractivity contribution is 0.171. The standard InChI is InChI=1S/C17H20N2O2/c1-12-3-5-14(6-4-12)19(2)11-13-9-16-17(10-15(13)18)21-8-7-20-16/h3-6,9-10H,7-8,11,18H2,1-2H3. The van der Waals surface area contributed by atoms with Crippen molar-refractivity contribution in [2.75, 3.05) is 30.9 Å². The van der Waals surface area contributed by atoms with Gasteiger partial charge < -0.3 is 20.1 Å². The van der Waals surface area contributed by atoms with Crippen LogP contribution in [0.5, 0.6) is 11.5 Å². The van der Waals surface area contributed by atoms with Crippen LogP contribution in [-0.2, 0) is 6.54 Å². The number of anilines is 2. The maximum Gasteiger partial charge on any atom is 0.163 e. The highest BCUT2D eigenvalue weighted by molar-refractivity contribution is 5.60. The topological polar surface area (TPSA) is 47.7 Å². The molecule has 0 aliphatic carbocycles. The maximum absolute atomic E-state index is 6.13. The molecule has 3 rings (SSSR count). The van der Waals surface area contributed by atoms with Crippen LogP contribution in [0.2, 0.25) is 0 Å². The fourth-order valence-electron chi connectivity index (χ4n) is 2.43. The fourth-order valence-corrected chi connectivity index (χ4v) is 2.43. The fraction of sp³-hybridized carbons (Fsp3) is 0.294. The smallest absolute Gasteiger partial charge is 0.163 e. The lowest BCUT2D eigenvalue weighted by Crippen LogP contribution is -2.19. The number of aryl methyl sites for hydroxylation is 1. The van der Waals surface area contributed by atoms with Crippen molar-refractivity contribution in [2.45, 2.75) is 13.5 Å². The van der Waals surface area contributed by atoms with Crippen LogP contribution < -0.4 is 20.1 Å². The van der Waals surface area contributed by atoms with Gasteiger partial charge in [0.25, 0.3) is 0 Å². The summed E-state index contributed by atoms with van der Waals surface area (Å²) in [5.74, 6) is 1.52. The Labute approximate surface area is 125 Å². The molecule has 2 N–H and O–H groups in total. The summed E-state index contributed by atoms with van der Waals surface area (Å²) in [5, 5.41) is 0. The van der Waals surface area contributed by atoms with Crippen molar-refractivity contribution in [3.63, 3.8) is 0 Å². The quantitative estimate of drug-likeness (QED) is 0.880. The monoisotopic (exact) mass is 284 g/mol. The predicted octanol–water partition coefficient (Wildman–Crippen LogP) is 2.98. The highest BCUT2D eigenvalue weighted by atomic mass is 16.6. The van der Waals surface area contributed by atoms with Gasteiger partial charge in [0.2, 0.25) is 0 Å². The van der Waals surface area contributed by atoms with E-state index in [1.54, 1.807) is 0 Å². The summed E-state index contributed by atoms with van der Waals surface area (Å²) in [5.41, 5.74) is 10.3. The summed E-state index contributed by atoms with van der Waals surface area (Å²) in [4.78, 5) is 2.17. The molecule has 0 bridgehead atoms. The molecule has 110 valence electrons. The Bertz CT molecular complexity index is 638. The molecular weight excluding hydrogens is 264 g/mol. The zero-order valence-corrected chi connectivity index (χ0v) is 12.4. The second-order valence-corrected chi connectivity index (χ2v) is 5.39. The first-order valence-corrected chi connectivity index (χ1v) is 7.09. The Morgan fingerprint density at radius 1 is 1.05 bits per heavy atom. The molecule has 0 saturated carbocycles. The van der Waals surface area contributed by atoms with E-state index in [1.165, 1.54) is 5.56 Å². The molecule has 2 aromatic rings. The molecule has 0 spiro atoms. The van der Waals surface area contributed by atoms with Gasteiger partial charge in [-0.05, 0) is 30.7 Å². The van der Waals surface area contributed by atoms with Crippen LogP contribution >= 0.6 is 0 Å². The third-order valence-electron chi connectivity index (χ3n) is 3.69. The minimum absolute atomic E-state index is 0.578. The molecule has 1 heterocycles. The van der Waals surface area contributed by atoms with Crippen molar-refractivity contribution in [1.29, 1.82) is 0 Å². The molecule has 2 aromatic carbocycles. The molecule has 4 heteroatoms. The lowest BCUT2D eigenvalue weighted by Gasteiger charge is -2.23. The van der Waals surface area contributed by atoms with Crippen molar-refractivity contribution in [1.82, 2.24) is 0 Å². The number of hydrogen-bond donors (Lipinski definition) is 1. The summed E-state index contributed by atoms with van der Waals surface area (Å²) in [7, 11) is 2.06. The number of nitrogens with zero attached hydrogens (tertiary/aromatic N) is 1. The number of rotatable bonds is 3. The SMILES string of the molecule is Cc1ccc(N(C)Cc2cc3c(cc2N)OCCO3)cc1. The van der Waals surface area contributed by atoms with E-state index in [0.717, 1.165) is 35.0 Å². The molecule has 0 amide bonds. The zero-order chi connectivity index (χ0) is 14.8. The molecule has 0 radical (unpaired) electrons. The number of hydrogen-bond acceptors (Lipinski definition) is 4. The summed E-state index contributed by atoms with van der Waals surface area (Å²) >= 11 is 0. The van der Waals surface area contributed by atoms with Gasteiger partial charge in [-0.2, -0.15) is 0 Å². The summed E-state index contributed by atoms with van der Waals surface area (Å²) in [6.45, 7) is 3.98. The van der Waals surface area contributed by atoms with E-state index in [9.17, 15) is 0 Å². The minimum atomic E-state index is 0.578. The first-order chi connectivity index (χ1) is 10.1. The Morgan fingerprint density at radius 2 is 1.67 bits per heavy atom. The van der Waals surface area contributed by atoms with Crippen molar-refractivity contribution in [3.05, 3.63) is 47.5 Å². The molecule has 0 aromatic heterocycles. The molecular formula is C17H20N2O2. The van der Waals surface area contributed by atoms with E-state index in [2.05, 4.69) is 43.1 Å². The molecule has 0 unspecified atom stereocenters. The zero-order valence-electron chi connectivity index (χ0n) is 12.4. The summed E-state index contributed by atoms with van der Waals surface area (Å²) in [6.07, 6.45) is 0. The molecule has 0 saturated heterocycles. The summed E-state index contributed by atoms with van der Waals surface area (Å²) in [6, 6.07) is 12.3. The third-order valence-corrected chi connectivity index (χ3v) is 3.69. The van der Waals surface area contributed by atoms with Crippen molar-refractivity contribution in [2.24, 2.45) is 0 Å². The highest BCUT2D eigenvalue weighted by Crippen LogP contribution is 2.35. The number of nitrogens with two attached hydrogens (primary N) is 1. The van der Waals surface area contributed by atoms with Crippen LogP contribution in [0.4, 0.5) is 11.4 Å². The van der Waals surface area contributed by atoms with Crippen LogP contribution in [0.15, 0.2) is 36.4 Å². The normalized spacial score (nSPS) is 13.0. The second-order valence-electron chi connectivity index (χ2n) is 5.39. The molecule has 1 aliphatic rings. The number of fused-ring (bicyclic) bond motifs is 1. The average Bonchev–Trinajstić information content (AvgIpc) is 2.48. The Kier molecular flexibility index (Phi) is 3.60. The van der Waals surface area contributed by atoms with Crippen LogP contribution in [0.25, 0.3) is 0 Å². The molecule has 21 heavy (non-hydrogen) atoms. The highest BCUT2D eigenvalue weighted by Gasteiger charge is 2.15. The van der Waals surface area contributed by atoms with E-state index < -0.39 is 0 Å². The van der Waals surface area contributed by atoms with Gasteiger partial charge >= 0.3 is 0 Å². The third kappa shape index (κ3) is 2.89. The van der Waals surface area contributed by atoms with Crippen LogP contribution in [0, 0.1) is 6.92 Å². The van der Waals surface area contributed by atoms with E-state index >= 15 is 0 Å². The second kappa shape index (κ2) is 5.56. The van der Waals surface area contributed by atoms with Crippen LogP contribution in [-0.4, -0.2) is 20.3 Å². The summed E-state index contributed by atoms with van der Waals surface area (Å²) < 4.78 is 11.2. The Hall–Kier alpha value is -2.36. The van der Waals surface area contributed by atoms with E-state index in [-0.39, 0.29) is 0 Å². The van der Waals surface area contributed by atoms with Crippen molar-refractivity contribution >= 4 is 11.4 Å². The number of nitrogen functional groups attached to an aromatic ring is 1. The van der Waals surface area contributed by atoms with E-state index in [1.807, 2.05) is 12.1 Å². The Balaban J connectivity index is 1.82. The molecule has 1 aliphatic heterocycles. The lowest BCUT2D eigenvalue weighted by atomic mass is 10.1. The van der Waals surface area contributed by atoms with Gasteiger partial charge in [-0.15, -0.1) is 0 Å². The average molecular weight is 284 g/mol. The van der Waals surface area contributed by atoms with Gasteiger partial charge in [-0.25, -0.2) is 0 Å². The van der Waals surface area contributed by atoms with Gasteiger partial charge in [0, 0.05) is 31.0 Å². The van der Waals surface area contributed by atoms with Crippen LogP contribution in [0.3, 0.4) is 0 Å². The Morgan fingerprint density at radius 3 is 2.33 bits per heavy atom. The largest absolute Gasteiger partial charge is 0.486 e. The first kappa shape index (κ1) is 13.6. The van der Waals surface area contributed by atoms with Crippen molar-refractivity contribution < 1.29 is 9.47 Å². The predicted molar refractivity (Wildman–Crippen MR) is 85.1 cm³/mol. The minimum Gasteiger partial charge on any atom is -0.486 e. The van der Waals surface area contributed by atoms with Gasteiger partial charge in [0.1, 0.15) is 13.2 Å². The van der Waals surface area contributed by atoms with Crippen LogP contribution in [0.1, 0.15) is 11.1 Å². The van der Waals surface area contributed by atoms with Gasteiger partial charge in [-0.3, -0.25) is 0 Å². The first-order valence-electron chi connectivity index (χ1n) is 7.09. The molecule has 4 nitrogen and oxygen atoms in total. The van der Waals surface area contributed by atoms with E-state index in [0.29, 0.717) is 13.2 Å². The van der Waals surface area contributed by atoms with Gasteiger partial charge in [0.05, 0.1) is 0 Å². The number of ether oxygens (including phenoxy) is 2. The molecule has 0 fully saturated rings. The molecule has 0 atom stereocenters.